The van der Waals surface area contributed by atoms with Crippen molar-refractivity contribution in [2.24, 2.45) is 11.3 Å². The van der Waals surface area contributed by atoms with E-state index in [0.717, 1.165) is 0 Å². The molecule has 2 fully saturated rings. The average molecular weight is 396 g/mol. The molecule has 146 valence electrons. The molecule has 1 aromatic rings. The highest BCUT2D eigenvalue weighted by Crippen LogP contribution is 2.44. The summed E-state index contributed by atoms with van der Waals surface area (Å²) in [4.78, 5) is 26.3. The highest BCUT2D eigenvalue weighted by Gasteiger charge is 2.51. The number of carbonyl (C=O) groups is 2. The number of likely N-dealkylation sites (tertiary alicyclic amines) is 1. The maximum atomic E-state index is 12.9. The standard InChI is InChI=1S/C19H22ClNO6/c20-14-9-16-15(26-5-6-27-16)7-12(14)8-17(22)21-10-13(18(23)24)19(11-21)1-3-25-4-2-19/h7,9,13H,1-6,8,10-11H2,(H,23,24). The molecule has 1 N–H and O–H groups in total. The van der Waals surface area contributed by atoms with Gasteiger partial charge in [-0.2, -0.15) is 0 Å². The van der Waals surface area contributed by atoms with Gasteiger partial charge in [-0.3, -0.25) is 9.59 Å². The lowest BCUT2D eigenvalue weighted by Crippen LogP contribution is -2.40. The molecule has 1 aromatic carbocycles. The van der Waals surface area contributed by atoms with Gasteiger partial charge in [0, 0.05) is 42.8 Å². The SMILES string of the molecule is O=C(O)C1CN(C(=O)Cc2cc3c(cc2Cl)OCCO3)CC12CCOCC2. The zero-order valence-corrected chi connectivity index (χ0v) is 15.7. The van der Waals surface area contributed by atoms with E-state index in [4.69, 9.17) is 25.8 Å². The summed E-state index contributed by atoms with van der Waals surface area (Å²) >= 11 is 6.32. The summed E-state index contributed by atoms with van der Waals surface area (Å²) in [6, 6.07) is 3.41. The Labute approximate surface area is 162 Å². The van der Waals surface area contributed by atoms with Gasteiger partial charge in [-0.15, -0.1) is 0 Å². The van der Waals surface area contributed by atoms with Crippen molar-refractivity contribution in [1.82, 2.24) is 4.90 Å². The molecule has 0 radical (unpaired) electrons. The van der Waals surface area contributed by atoms with Gasteiger partial charge < -0.3 is 24.2 Å². The lowest BCUT2D eigenvalue weighted by Gasteiger charge is -2.36. The number of rotatable bonds is 3. The largest absolute Gasteiger partial charge is 0.486 e. The summed E-state index contributed by atoms with van der Waals surface area (Å²) < 4.78 is 16.5. The van der Waals surface area contributed by atoms with E-state index in [9.17, 15) is 14.7 Å². The van der Waals surface area contributed by atoms with Crippen molar-refractivity contribution in [3.63, 3.8) is 0 Å². The van der Waals surface area contributed by atoms with E-state index in [1.54, 1.807) is 17.0 Å². The fraction of sp³-hybridized carbons (Fsp3) is 0.579. The van der Waals surface area contributed by atoms with Crippen molar-refractivity contribution < 1.29 is 28.9 Å². The molecule has 7 nitrogen and oxygen atoms in total. The molecule has 3 aliphatic rings. The number of fused-ring (bicyclic) bond motifs is 1. The predicted octanol–water partition coefficient (Wildman–Crippen LogP) is 1.99. The summed E-state index contributed by atoms with van der Waals surface area (Å²) in [6.45, 7) is 2.70. The van der Waals surface area contributed by atoms with Crippen LogP contribution in [0.3, 0.4) is 0 Å². The Balaban J connectivity index is 1.51. The van der Waals surface area contributed by atoms with Crippen LogP contribution in [0, 0.1) is 11.3 Å². The van der Waals surface area contributed by atoms with Crippen molar-refractivity contribution in [2.75, 3.05) is 39.5 Å². The third kappa shape index (κ3) is 3.46. The minimum atomic E-state index is -0.843. The van der Waals surface area contributed by atoms with E-state index >= 15 is 0 Å². The van der Waals surface area contributed by atoms with E-state index in [1.165, 1.54) is 0 Å². The number of carbonyl (C=O) groups excluding carboxylic acids is 1. The van der Waals surface area contributed by atoms with Crippen LogP contribution >= 0.6 is 11.6 Å². The normalized spacial score (nSPS) is 23.4. The third-order valence-corrected chi connectivity index (χ3v) is 6.19. The van der Waals surface area contributed by atoms with Crippen LogP contribution in [0.25, 0.3) is 0 Å². The van der Waals surface area contributed by atoms with Crippen molar-refractivity contribution in [2.45, 2.75) is 19.3 Å². The van der Waals surface area contributed by atoms with Gasteiger partial charge in [-0.25, -0.2) is 0 Å². The molecule has 0 aromatic heterocycles. The van der Waals surface area contributed by atoms with E-state index in [2.05, 4.69) is 0 Å². The number of hydrogen-bond donors (Lipinski definition) is 1. The minimum absolute atomic E-state index is 0.106. The maximum absolute atomic E-state index is 12.9. The topological polar surface area (TPSA) is 85.3 Å². The highest BCUT2D eigenvalue weighted by atomic mass is 35.5. The number of hydrogen-bond acceptors (Lipinski definition) is 5. The molecule has 4 rings (SSSR count). The second kappa shape index (κ2) is 7.20. The lowest BCUT2D eigenvalue weighted by atomic mass is 9.72. The van der Waals surface area contributed by atoms with Crippen molar-refractivity contribution in [1.29, 1.82) is 0 Å². The van der Waals surface area contributed by atoms with Gasteiger partial charge in [0.25, 0.3) is 0 Å². The maximum Gasteiger partial charge on any atom is 0.308 e. The van der Waals surface area contributed by atoms with Gasteiger partial charge in [-0.05, 0) is 24.5 Å². The Morgan fingerprint density at radius 2 is 1.81 bits per heavy atom. The number of amides is 1. The first kappa shape index (κ1) is 18.4. The first-order valence-electron chi connectivity index (χ1n) is 9.15. The monoisotopic (exact) mass is 395 g/mol. The fourth-order valence-electron chi connectivity index (χ4n) is 4.30. The molecule has 1 atom stereocenters. The van der Waals surface area contributed by atoms with Crippen molar-refractivity contribution >= 4 is 23.5 Å². The molecule has 27 heavy (non-hydrogen) atoms. The first-order chi connectivity index (χ1) is 13.0. The number of benzene rings is 1. The summed E-state index contributed by atoms with van der Waals surface area (Å²) in [5.74, 6) is -0.358. The number of aliphatic carboxylic acids is 1. The summed E-state index contributed by atoms with van der Waals surface area (Å²) in [6.07, 6.45) is 1.44. The van der Waals surface area contributed by atoms with Crippen LogP contribution < -0.4 is 9.47 Å². The third-order valence-electron chi connectivity index (χ3n) is 5.84. The fourth-order valence-corrected chi connectivity index (χ4v) is 4.52. The van der Waals surface area contributed by atoms with E-state index in [1.807, 2.05) is 0 Å². The number of ether oxygens (including phenoxy) is 3. The zero-order chi connectivity index (χ0) is 19.0. The van der Waals surface area contributed by atoms with Crippen LogP contribution in [0.4, 0.5) is 0 Å². The van der Waals surface area contributed by atoms with Gasteiger partial charge in [0.1, 0.15) is 13.2 Å². The molecule has 0 aliphatic carbocycles. The molecule has 8 heteroatoms. The van der Waals surface area contributed by atoms with Crippen LogP contribution in [0.2, 0.25) is 5.02 Å². The molecule has 1 spiro atoms. The van der Waals surface area contributed by atoms with Gasteiger partial charge in [0.05, 0.1) is 12.3 Å². The Morgan fingerprint density at radius 3 is 2.48 bits per heavy atom. The second-order valence-corrected chi connectivity index (χ2v) is 7.81. The lowest BCUT2D eigenvalue weighted by molar-refractivity contribution is -0.146. The van der Waals surface area contributed by atoms with Gasteiger partial charge in [-0.1, -0.05) is 11.6 Å². The zero-order valence-electron chi connectivity index (χ0n) is 14.9. The minimum Gasteiger partial charge on any atom is -0.486 e. The Hall–Kier alpha value is -1.99. The number of carboxylic acids is 1. The molecule has 3 heterocycles. The molecular weight excluding hydrogens is 374 g/mol. The van der Waals surface area contributed by atoms with E-state index in [0.29, 0.717) is 67.9 Å². The highest BCUT2D eigenvalue weighted by molar-refractivity contribution is 6.31. The van der Waals surface area contributed by atoms with Crippen LogP contribution in [-0.4, -0.2) is 61.4 Å². The Morgan fingerprint density at radius 1 is 1.15 bits per heavy atom. The van der Waals surface area contributed by atoms with Crippen molar-refractivity contribution in [3.8, 4) is 11.5 Å². The van der Waals surface area contributed by atoms with Gasteiger partial charge >= 0.3 is 5.97 Å². The first-order valence-corrected chi connectivity index (χ1v) is 9.53. The Kier molecular flexibility index (Phi) is 4.90. The number of nitrogens with zero attached hydrogens (tertiary/aromatic N) is 1. The number of halogens is 1. The van der Waals surface area contributed by atoms with Gasteiger partial charge in [0.15, 0.2) is 11.5 Å². The van der Waals surface area contributed by atoms with Gasteiger partial charge in [0.2, 0.25) is 5.91 Å². The second-order valence-electron chi connectivity index (χ2n) is 7.40. The predicted molar refractivity (Wildman–Crippen MR) is 96.3 cm³/mol. The Bertz CT molecular complexity index is 761. The quantitative estimate of drug-likeness (QED) is 0.842. The summed E-state index contributed by atoms with van der Waals surface area (Å²) in [7, 11) is 0. The van der Waals surface area contributed by atoms with Crippen LogP contribution in [0.1, 0.15) is 18.4 Å². The molecule has 2 saturated heterocycles. The molecule has 1 amide bonds. The molecule has 0 bridgehead atoms. The summed E-state index contributed by atoms with van der Waals surface area (Å²) in [5, 5.41) is 10.1. The van der Waals surface area contributed by atoms with Crippen LogP contribution in [0.5, 0.6) is 11.5 Å². The molecule has 3 aliphatic heterocycles. The summed E-state index contributed by atoms with van der Waals surface area (Å²) in [5.41, 5.74) is 0.266. The van der Waals surface area contributed by atoms with Crippen LogP contribution in [0.15, 0.2) is 12.1 Å². The molecule has 1 unspecified atom stereocenters. The van der Waals surface area contributed by atoms with Crippen LogP contribution in [-0.2, 0) is 20.7 Å². The average Bonchev–Trinajstić information content (AvgIpc) is 3.02. The molecule has 0 saturated carbocycles. The number of carboxylic acid groups (broad SMARTS) is 1. The van der Waals surface area contributed by atoms with Crippen molar-refractivity contribution in [3.05, 3.63) is 22.7 Å². The molecular formula is C19H22ClNO6. The smallest absolute Gasteiger partial charge is 0.308 e. The van der Waals surface area contributed by atoms with E-state index in [-0.39, 0.29) is 18.9 Å². The van der Waals surface area contributed by atoms with E-state index < -0.39 is 17.3 Å².